The monoisotopic (exact) mass is 1250 g/mol. The molecule has 14 rings (SSSR count). The van der Waals surface area contributed by atoms with Crippen molar-refractivity contribution in [2.75, 3.05) is 0 Å². The van der Waals surface area contributed by atoms with E-state index < -0.39 is 17.8 Å². The summed E-state index contributed by atoms with van der Waals surface area (Å²) in [5, 5.41) is 27.5. The summed E-state index contributed by atoms with van der Waals surface area (Å²) in [5.74, 6) is 10.5. The van der Waals surface area contributed by atoms with E-state index in [0.29, 0.717) is 92.6 Å². The highest BCUT2D eigenvalue weighted by Gasteiger charge is 2.27. The Kier molecular flexibility index (Phi) is 17.0. The van der Waals surface area contributed by atoms with Crippen molar-refractivity contribution >= 4 is 44.2 Å². The maximum Gasteiger partial charge on any atom is 0.270 e. The number of hydrogen-bond donors (Lipinski definition) is 0. The summed E-state index contributed by atoms with van der Waals surface area (Å²) in [6, 6.07) is 41.9. The van der Waals surface area contributed by atoms with Crippen molar-refractivity contribution in [2.45, 2.75) is 78.6 Å². The maximum absolute atomic E-state index is 13.7. The molecule has 14 nitrogen and oxygen atoms in total. The largest absolute Gasteiger partial charge is 0.355 e. The van der Waals surface area contributed by atoms with Gasteiger partial charge in [0.15, 0.2) is 28.0 Å². The number of hydrogen-bond acceptors (Lipinski definition) is 12. The summed E-state index contributed by atoms with van der Waals surface area (Å²) in [5.41, 5.74) is 13.6. The van der Waals surface area contributed by atoms with Gasteiger partial charge < -0.3 is 13.6 Å². The normalized spacial score (nSPS) is 11.5. The molecule has 0 bridgehead atoms. The molecule has 6 aromatic carbocycles. The van der Waals surface area contributed by atoms with Crippen LogP contribution in [0.3, 0.4) is 0 Å². The molecule has 93 heavy (non-hydrogen) atoms. The predicted molar refractivity (Wildman–Crippen MR) is 339 cm³/mol. The second-order valence-corrected chi connectivity index (χ2v) is 22.3. The van der Waals surface area contributed by atoms with Crippen molar-refractivity contribution < 1.29 is 39.9 Å². The van der Waals surface area contributed by atoms with Gasteiger partial charge in [0.05, 0.1) is 45.5 Å². The Morgan fingerprint density at radius 3 is 1.42 bits per heavy atom. The third kappa shape index (κ3) is 13.7. The fourth-order valence-corrected chi connectivity index (χ4v) is 10.3. The van der Waals surface area contributed by atoms with Crippen LogP contribution < -0.4 is 0 Å². The summed E-state index contributed by atoms with van der Waals surface area (Å²) >= 11 is 0. The molecule has 0 aliphatic heterocycles. The first-order valence-corrected chi connectivity index (χ1v) is 29.2. The molecule has 0 spiro atoms. The highest BCUT2D eigenvalue weighted by molar-refractivity contribution is 5.88. The van der Waals surface area contributed by atoms with Crippen molar-refractivity contribution in [2.24, 2.45) is 0 Å². The van der Waals surface area contributed by atoms with E-state index in [1.807, 2.05) is 110 Å². The molecule has 460 valence electrons. The van der Waals surface area contributed by atoms with Crippen molar-refractivity contribution in [3.63, 3.8) is 0 Å². The Bertz CT molecular complexity index is 5080. The molecule has 0 fully saturated rings. The molecule has 0 unspecified atom stereocenters. The number of benzene rings is 6. The number of aromatic nitrogens is 11. The lowest BCUT2D eigenvalue weighted by Crippen LogP contribution is -2.07. The van der Waals surface area contributed by atoms with Crippen molar-refractivity contribution in [3.8, 4) is 35.5 Å². The number of alkyl halides is 6. The third-order valence-corrected chi connectivity index (χ3v) is 15.3. The Labute approximate surface area is 528 Å². The number of fused-ring (bicyclic) bond motifs is 5. The van der Waals surface area contributed by atoms with E-state index in [1.165, 1.54) is 42.7 Å². The van der Waals surface area contributed by atoms with E-state index in [1.54, 1.807) is 53.6 Å². The minimum Gasteiger partial charge on any atom is -0.355 e. The summed E-state index contributed by atoms with van der Waals surface area (Å²) in [7, 11) is 0. The zero-order chi connectivity index (χ0) is 65.0. The molecular weight excluding hydrogens is 1190 g/mol. The lowest BCUT2D eigenvalue weighted by atomic mass is 10.00. The lowest BCUT2D eigenvalue weighted by Gasteiger charge is -2.11. The van der Waals surface area contributed by atoms with Crippen molar-refractivity contribution in [3.05, 3.63) is 278 Å². The molecule has 0 aliphatic carbocycles. The first-order chi connectivity index (χ1) is 44.7. The number of pyridine rings is 2. The van der Waals surface area contributed by atoms with Gasteiger partial charge in [-0.05, 0) is 127 Å². The standard InChI is InChI=1S/C25H18F2N4O.C24H17F2N5O.C24H18F2N2O/c1-16-9-10-20-21(15-17-6-5-7-18(14-17)25(2,26)27)30-32-24(20)19(16)11-12-23-29-28-22-8-3-4-13-31(22)23;1-15-6-8-20-21(11-16-4-3-5-18(10-16)24(2,25)26)30-32-22(20)19(15)9-7-17-12-29-31-14-27-13-28-23(17)31;1-16-9-11-21-22(15-17-6-5-7-18(14-17)24(2,25)26)28-29-23(21)20(16)12-10-19-8-3-4-13-27-19/h3-10,13-14H,15H2,1-2H3;3-6,8,10,12-14H,11H2,1-2H3;3-9,11,13-14H,15H2,1-2H3. The fourth-order valence-electron chi connectivity index (χ4n) is 10.3. The molecule has 8 aromatic heterocycles. The Morgan fingerprint density at radius 1 is 0.473 bits per heavy atom. The van der Waals surface area contributed by atoms with Crippen LogP contribution in [0.5, 0.6) is 0 Å². The Hall–Kier alpha value is -11.7. The second-order valence-electron chi connectivity index (χ2n) is 22.3. The molecule has 0 saturated carbocycles. The number of rotatable bonds is 9. The van der Waals surface area contributed by atoms with E-state index in [-0.39, 0.29) is 16.7 Å². The van der Waals surface area contributed by atoms with Crippen LogP contribution in [0.1, 0.15) is 122 Å². The number of halogens is 6. The van der Waals surface area contributed by atoms with Crippen LogP contribution >= 0.6 is 0 Å². The molecule has 0 aliphatic rings. The van der Waals surface area contributed by atoms with Gasteiger partial charge in [0, 0.05) is 85.3 Å². The molecule has 0 amide bonds. The minimum atomic E-state index is -2.90. The van der Waals surface area contributed by atoms with Gasteiger partial charge in [-0.15, -0.1) is 10.2 Å². The average Bonchev–Trinajstić information content (AvgIpc) is 1.76. The van der Waals surface area contributed by atoms with E-state index >= 15 is 0 Å². The van der Waals surface area contributed by atoms with E-state index in [0.717, 1.165) is 75.9 Å². The Morgan fingerprint density at radius 2 is 0.946 bits per heavy atom. The quantitative estimate of drug-likeness (QED) is 0.0994. The van der Waals surface area contributed by atoms with Crippen LogP contribution in [-0.4, -0.2) is 54.6 Å². The van der Waals surface area contributed by atoms with Gasteiger partial charge in [-0.1, -0.05) is 124 Å². The van der Waals surface area contributed by atoms with Crippen LogP contribution in [-0.2, 0) is 37.0 Å². The molecule has 0 N–H and O–H groups in total. The first kappa shape index (κ1) is 61.5. The SMILES string of the molecule is Cc1ccc2c(Cc3cccc(C(C)(F)F)c3)noc2c1C#Cc1ccccn1.Cc1ccc2c(Cc3cccc(C(C)(F)F)c3)noc2c1C#Cc1cnn2cncnc12.Cc1ccc2c(Cc3cccc(C(C)(F)F)c3)noc2c1C#Cc1nnc2ccccn12. The number of nitrogens with zero attached hydrogens (tertiary/aromatic N) is 11. The van der Waals surface area contributed by atoms with Gasteiger partial charge in [0.25, 0.3) is 17.8 Å². The molecular formula is C73H53F6N11O3. The summed E-state index contributed by atoms with van der Waals surface area (Å²) in [4.78, 5) is 12.4. The van der Waals surface area contributed by atoms with Crippen LogP contribution in [0.25, 0.3) is 44.2 Å². The van der Waals surface area contributed by atoms with E-state index in [9.17, 15) is 26.3 Å². The zero-order valence-electron chi connectivity index (χ0n) is 50.8. The van der Waals surface area contributed by atoms with Crippen molar-refractivity contribution in [1.82, 2.24) is 54.6 Å². The van der Waals surface area contributed by atoms with Crippen LogP contribution in [0.4, 0.5) is 26.3 Å². The van der Waals surface area contributed by atoms with E-state index in [4.69, 9.17) is 13.6 Å². The first-order valence-electron chi connectivity index (χ1n) is 29.2. The highest BCUT2D eigenvalue weighted by Crippen LogP contribution is 2.34. The number of aryl methyl sites for hydroxylation is 3. The topological polar surface area (TPSA) is 164 Å². The van der Waals surface area contributed by atoms with Gasteiger partial charge in [-0.3, -0.25) is 4.40 Å². The van der Waals surface area contributed by atoms with Gasteiger partial charge in [0.1, 0.15) is 18.3 Å². The van der Waals surface area contributed by atoms with Crippen LogP contribution in [0.15, 0.2) is 190 Å². The maximum atomic E-state index is 13.7. The third-order valence-electron chi connectivity index (χ3n) is 15.3. The lowest BCUT2D eigenvalue weighted by molar-refractivity contribution is 0.0167. The molecule has 0 radical (unpaired) electrons. The van der Waals surface area contributed by atoms with Crippen LogP contribution in [0, 0.1) is 56.3 Å². The van der Waals surface area contributed by atoms with Crippen LogP contribution in [0.2, 0.25) is 0 Å². The molecule has 20 heteroatoms. The summed E-state index contributed by atoms with van der Waals surface area (Å²) in [6.45, 7) is 8.52. The fraction of sp³-hybridized carbons (Fsp3) is 0.164. The smallest absolute Gasteiger partial charge is 0.270 e. The highest BCUT2D eigenvalue weighted by atomic mass is 19.3. The molecule has 0 saturated heterocycles. The van der Waals surface area contributed by atoms with Gasteiger partial charge in [0.2, 0.25) is 5.82 Å². The van der Waals surface area contributed by atoms with Gasteiger partial charge in [-0.25, -0.2) is 45.8 Å². The molecule has 0 atom stereocenters. The minimum absolute atomic E-state index is 0.0134. The predicted octanol–water partition coefficient (Wildman–Crippen LogP) is 15.6. The van der Waals surface area contributed by atoms with Crippen molar-refractivity contribution in [1.29, 1.82) is 0 Å². The van der Waals surface area contributed by atoms with Gasteiger partial charge >= 0.3 is 0 Å². The average molecular weight is 1250 g/mol. The second kappa shape index (κ2) is 25.7. The van der Waals surface area contributed by atoms with E-state index in [2.05, 4.69) is 81.2 Å². The molecule has 14 aromatic rings. The summed E-state index contributed by atoms with van der Waals surface area (Å²) in [6.07, 6.45) is 9.33. The summed E-state index contributed by atoms with van der Waals surface area (Å²) < 4.78 is 102. The molecule has 8 heterocycles. The van der Waals surface area contributed by atoms with Gasteiger partial charge in [-0.2, -0.15) is 5.10 Å². The Balaban J connectivity index is 0.000000134. The zero-order valence-corrected chi connectivity index (χ0v) is 50.8.